The van der Waals surface area contributed by atoms with Crippen LogP contribution >= 0.6 is 11.6 Å². The van der Waals surface area contributed by atoms with Crippen molar-refractivity contribution in [3.63, 3.8) is 0 Å². The lowest BCUT2D eigenvalue weighted by Gasteiger charge is -2.15. The summed E-state index contributed by atoms with van der Waals surface area (Å²) in [5, 5.41) is 0.676. The first-order valence-electron chi connectivity index (χ1n) is 7.51. The van der Waals surface area contributed by atoms with Crippen LogP contribution in [0.3, 0.4) is 0 Å². The van der Waals surface area contributed by atoms with Crippen LogP contribution in [0.4, 0.5) is 0 Å². The summed E-state index contributed by atoms with van der Waals surface area (Å²) in [6, 6.07) is 6.24. The largest absolute Gasteiger partial charge is 0.465 e. The molecule has 4 nitrogen and oxygen atoms in total. The molecule has 1 aromatic carbocycles. The van der Waals surface area contributed by atoms with E-state index in [9.17, 15) is 4.79 Å². The number of hydrogen-bond acceptors (Lipinski definition) is 3. The van der Waals surface area contributed by atoms with Crippen molar-refractivity contribution >= 4 is 28.6 Å². The predicted octanol–water partition coefficient (Wildman–Crippen LogP) is 3.62. The van der Waals surface area contributed by atoms with E-state index < -0.39 is 5.41 Å². The fourth-order valence-corrected chi connectivity index (χ4v) is 3.19. The topological polar surface area (TPSA) is 44.1 Å². The Kier molecular flexibility index (Phi) is 2.80. The first-order valence-corrected chi connectivity index (χ1v) is 7.89. The van der Waals surface area contributed by atoms with Gasteiger partial charge in [0.1, 0.15) is 11.2 Å². The molecule has 2 aromatic rings. The second-order valence-corrected chi connectivity index (χ2v) is 6.41. The van der Waals surface area contributed by atoms with Crippen molar-refractivity contribution in [2.24, 2.45) is 0 Å². The van der Waals surface area contributed by atoms with Crippen LogP contribution in [0, 0.1) is 0 Å². The zero-order chi connectivity index (χ0) is 14.6. The Labute approximate surface area is 128 Å². The number of carbonyl (C=O) groups excluding carboxylic acids is 1. The lowest BCUT2D eigenvalue weighted by Crippen LogP contribution is -2.27. The summed E-state index contributed by atoms with van der Waals surface area (Å²) in [6.45, 7) is 2.26. The van der Waals surface area contributed by atoms with E-state index in [4.69, 9.17) is 21.3 Å². The number of hydrogen-bond donors (Lipinski definition) is 0. The molecule has 0 N–H and O–H groups in total. The predicted molar refractivity (Wildman–Crippen MR) is 80.6 cm³/mol. The maximum atomic E-state index is 12.4. The number of rotatable bonds is 4. The highest BCUT2D eigenvalue weighted by molar-refractivity contribution is 6.31. The van der Waals surface area contributed by atoms with Gasteiger partial charge in [-0.05, 0) is 50.8 Å². The monoisotopic (exact) mass is 304 g/mol. The fourth-order valence-electron chi connectivity index (χ4n) is 3.03. The molecule has 0 unspecified atom stereocenters. The minimum absolute atomic E-state index is 0.131. The first-order chi connectivity index (χ1) is 10.2. The molecule has 2 aliphatic rings. The van der Waals surface area contributed by atoms with Crippen LogP contribution in [0.15, 0.2) is 18.2 Å². The zero-order valence-electron chi connectivity index (χ0n) is 11.9. The number of imidazole rings is 1. The summed E-state index contributed by atoms with van der Waals surface area (Å²) >= 11 is 6.08. The minimum Gasteiger partial charge on any atom is -0.465 e. The molecule has 0 aliphatic heterocycles. The third-order valence-corrected chi connectivity index (χ3v) is 4.64. The smallest absolute Gasteiger partial charge is 0.319 e. The molecule has 1 aromatic heterocycles. The van der Waals surface area contributed by atoms with Crippen LogP contribution in [0.5, 0.6) is 0 Å². The van der Waals surface area contributed by atoms with Crippen LogP contribution in [0.2, 0.25) is 5.02 Å². The Hall–Kier alpha value is -1.55. The third-order valence-electron chi connectivity index (χ3n) is 4.41. The highest BCUT2D eigenvalue weighted by Gasteiger charge is 2.57. The number of fused-ring (bicyclic) bond motifs is 1. The average molecular weight is 305 g/mol. The highest BCUT2D eigenvalue weighted by atomic mass is 35.5. The summed E-state index contributed by atoms with van der Waals surface area (Å²) in [4.78, 5) is 17.1. The lowest BCUT2D eigenvalue weighted by molar-refractivity contribution is -0.146. The van der Waals surface area contributed by atoms with Crippen molar-refractivity contribution in [3.05, 3.63) is 29.0 Å². The Balaban J connectivity index is 1.88. The van der Waals surface area contributed by atoms with Crippen LogP contribution in [0.1, 0.15) is 44.5 Å². The van der Waals surface area contributed by atoms with Gasteiger partial charge < -0.3 is 9.30 Å². The maximum Gasteiger partial charge on any atom is 0.319 e. The number of aromatic nitrogens is 2. The van der Waals surface area contributed by atoms with E-state index in [0.717, 1.165) is 42.5 Å². The number of carbonyl (C=O) groups is 1. The van der Waals surface area contributed by atoms with Crippen molar-refractivity contribution in [3.8, 4) is 0 Å². The molecule has 0 atom stereocenters. The van der Waals surface area contributed by atoms with Crippen molar-refractivity contribution in [1.29, 1.82) is 0 Å². The van der Waals surface area contributed by atoms with E-state index in [1.54, 1.807) is 0 Å². The average Bonchev–Trinajstić information content (AvgIpc) is 3.36. The van der Waals surface area contributed by atoms with Gasteiger partial charge >= 0.3 is 5.97 Å². The SMILES string of the molecule is CCOC(=O)C1(c2nc3cc(Cl)ccc3n2C2CC2)CC1. The summed E-state index contributed by atoms with van der Waals surface area (Å²) in [5.41, 5.74) is 1.43. The summed E-state index contributed by atoms with van der Waals surface area (Å²) in [7, 11) is 0. The Morgan fingerprint density at radius 2 is 2.24 bits per heavy atom. The van der Waals surface area contributed by atoms with E-state index in [2.05, 4.69) is 4.57 Å². The van der Waals surface area contributed by atoms with E-state index in [0.29, 0.717) is 17.7 Å². The van der Waals surface area contributed by atoms with Gasteiger partial charge in [-0.1, -0.05) is 11.6 Å². The fraction of sp³-hybridized carbons (Fsp3) is 0.500. The van der Waals surface area contributed by atoms with Crippen molar-refractivity contribution in [2.75, 3.05) is 6.61 Å². The van der Waals surface area contributed by atoms with Gasteiger partial charge in [-0.25, -0.2) is 4.98 Å². The number of ether oxygens (including phenoxy) is 1. The molecule has 0 spiro atoms. The van der Waals surface area contributed by atoms with Gasteiger partial charge in [0.05, 0.1) is 17.6 Å². The molecule has 2 fully saturated rings. The second-order valence-electron chi connectivity index (χ2n) is 5.97. The first kappa shape index (κ1) is 13.1. The second kappa shape index (κ2) is 4.47. The van der Waals surface area contributed by atoms with Gasteiger partial charge in [0.25, 0.3) is 0 Å². The minimum atomic E-state index is -0.524. The summed E-state index contributed by atoms with van der Waals surface area (Å²) < 4.78 is 7.53. The quantitative estimate of drug-likeness (QED) is 0.810. The molecule has 5 heteroatoms. The van der Waals surface area contributed by atoms with Gasteiger partial charge in [-0.2, -0.15) is 0 Å². The molecule has 2 aliphatic carbocycles. The van der Waals surface area contributed by atoms with E-state index in [1.165, 1.54) is 0 Å². The molecule has 2 saturated carbocycles. The van der Waals surface area contributed by atoms with Crippen molar-refractivity contribution in [2.45, 2.75) is 44.1 Å². The molecule has 4 rings (SSSR count). The number of benzene rings is 1. The molecule has 110 valence electrons. The lowest BCUT2D eigenvalue weighted by atomic mass is 10.1. The maximum absolute atomic E-state index is 12.4. The summed E-state index contributed by atoms with van der Waals surface area (Å²) in [6.07, 6.45) is 3.96. The Morgan fingerprint density at radius 1 is 1.48 bits per heavy atom. The van der Waals surface area contributed by atoms with Gasteiger partial charge in [-0.15, -0.1) is 0 Å². The normalized spacial score (nSPS) is 19.7. The standard InChI is InChI=1S/C16H17ClN2O2/c1-2-21-15(20)16(7-8-16)14-18-12-9-10(17)3-6-13(12)19(14)11-4-5-11/h3,6,9,11H,2,4-5,7-8H2,1H3. The van der Waals surface area contributed by atoms with Gasteiger partial charge in [0.15, 0.2) is 0 Å². The van der Waals surface area contributed by atoms with Crippen molar-refractivity contribution in [1.82, 2.24) is 9.55 Å². The Morgan fingerprint density at radius 3 is 2.86 bits per heavy atom. The number of halogens is 1. The molecular formula is C16H17ClN2O2. The van der Waals surface area contributed by atoms with E-state index in [1.807, 2.05) is 25.1 Å². The third kappa shape index (κ3) is 1.96. The summed E-state index contributed by atoms with van der Waals surface area (Å²) in [5.74, 6) is 0.744. The highest BCUT2D eigenvalue weighted by Crippen LogP contribution is 2.52. The van der Waals surface area contributed by atoms with Crippen molar-refractivity contribution < 1.29 is 9.53 Å². The number of nitrogens with zero attached hydrogens (tertiary/aromatic N) is 2. The molecule has 0 saturated heterocycles. The van der Waals surface area contributed by atoms with Gasteiger partial charge in [-0.3, -0.25) is 4.79 Å². The van der Waals surface area contributed by atoms with E-state index in [-0.39, 0.29) is 5.97 Å². The molecule has 21 heavy (non-hydrogen) atoms. The molecule has 0 radical (unpaired) electrons. The molecule has 0 amide bonds. The van der Waals surface area contributed by atoms with Crippen LogP contribution in [0.25, 0.3) is 11.0 Å². The Bertz CT molecular complexity index is 729. The molecule has 1 heterocycles. The molecular weight excluding hydrogens is 288 g/mol. The molecule has 0 bridgehead atoms. The van der Waals surface area contributed by atoms with E-state index >= 15 is 0 Å². The van der Waals surface area contributed by atoms with Gasteiger partial charge in [0, 0.05) is 11.1 Å². The van der Waals surface area contributed by atoms with Crippen LogP contribution in [-0.2, 0) is 14.9 Å². The van der Waals surface area contributed by atoms with Gasteiger partial charge in [0.2, 0.25) is 0 Å². The number of esters is 1. The zero-order valence-corrected chi connectivity index (χ0v) is 12.7. The van der Waals surface area contributed by atoms with Crippen LogP contribution in [-0.4, -0.2) is 22.1 Å². The van der Waals surface area contributed by atoms with Crippen LogP contribution < -0.4 is 0 Å².